The molecule has 0 radical (unpaired) electrons. The van der Waals surface area contributed by atoms with Gasteiger partial charge in [-0.1, -0.05) is 20.8 Å². The number of fused-ring (bicyclic) bond motifs is 1. The van der Waals surface area contributed by atoms with E-state index in [1.54, 1.807) is 30.0 Å². The van der Waals surface area contributed by atoms with Crippen LogP contribution in [0.15, 0.2) is 18.2 Å². The van der Waals surface area contributed by atoms with E-state index < -0.39 is 0 Å². The summed E-state index contributed by atoms with van der Waals surface area (Å²) in [6, 6.07) is 5.17. The van der Waals surface area contributed by atoms with Gasteiger partial charge in [0.15, 0.2) is 11.5 Å². The summed E-state index contributed by atoms with van der Waals surface area (Å²) in [5, 5.41) is 0. The maximum Gasteiger partial charge on any atom is 0.310 e. The number of rotatable bonds is 10. The van der Waals surface area contributed by atoms with Gasteiger partial charge in [-0.15, -0.1) is 0 Å². The van der Waals surface area contributed by atoms with Gasteiger partial charge < -0.3 is 24.0 Å². The Hall–Kier alpha value is -2.28. The van der Waals surface area contributed by atoms with Crippen LogP contribution in [0.5, 0.6) is 11.5 Å². The number of ether oxygens (including phenoxy) is 3. The van der Waals surface area contributed by atoms with E-state index in [4.69, 9.17) is 14.2 Å². The third kappa shape index (κ3) is 5.60. The second-order valence-electron chi connectivity index (χ2n) is 6.62. The maximum absolute atomic E-state index is 13.1. The zero-order valence-corrected chi connectivity index (χ0v) is 16.7. The highest BCUT2D eigenvalue weighted by Gasteiger charge is 2.24. The lowest BCUT2D eigenvalue weighted by Gasteiger charge is -2.27. The van der Waals surface area contributed by atoms with Gasteiger partial charge in [-0.25, -0.2) is 0 Å². The van der Waals surface area contributed by atoms with Gasteiger partial charge in [-0.3, -0.25) is 9.59 Å². The van der Waals surface area contributed by atoms with Gasteiger partial charge >= 0.3 is 5.97 Å². The van der Waals surface area contributed by atoms with Crippen molar-refractivity contribution >= 4 is 11.9 Å². The molecule has 1 amide bonds. The van der Waals surface area contributed by atoms with E-state index in [9.17, 15) is 9.59 Å². The molecule has 2 rings (SSSR count). The van der Waals surface area contributed by atoms with Crippen LogP contribution in [0.3, 0.4) is 0 Å². The Morgan fingerprint density at radius 3 is 2.52 bits per heavy atom. The molecular weight excluding hydrogens is 348 g/mol. The normalized spacial score (nSPS) is 13.5. The Labute approximate surface area is 161 Å². The smallest absolute Gasteiger partial charge is 0.310 e. The zero-order valence-electron chi connectivity index (χ0n) is 16.7. The van der Waals surface area contributed by atoms with E-state index >= 15 is 0 Å². The summed E-state index contributed by atoms with van der Waals surface area (Å²) < 4.78 is 15.5. The number of amides is 1. The first kappa shape index (κ1) is 21.0. The molecule has 150 valence electrons. The van der Waals surface area contributed by atoms with Crippen molar-refractivity contribution in [3.63, 3.8) is 0 Å². The molecule has 7 nitrogen and oxygen atoms in total. The molecule has 27 heavy (non-hydrogen) atoms. The third-order valence-electron chi connectivity index (χ3n) is 4.80. The minimum atomic E-state index is -0.388. The van der Waals surface area contributed by atoms with Gasteiger partial charge in [0.25, 0.3) is 5.91 Å². The van der Waals surface area contributed by atoms with E-state index in [0.29, 0.717) is 30.2 Å². The SMILES string of the molecule is CCN(CC)CCCN(CC(C)C(=O)OC)C(=O)c1ccc2c(c1)OCO2. The molecule has 0 fully saturated rings. The fraction of sp³-hybridized carbons (Fsp3) is 0.600. The van der Waals surface area contributed by atoms with Crippen molar-refractivity contribution in [1.29, 1.82) is 0 Å². The first-order chi connectivity index (χ1) is 13.0. The number of hydrogen-bond acceptors (Lipinski definition) is 6. The van der Waals surface area contributed by atoms with Crippen LogP contribution in [-0.2, 0) is 9.53 Å². The second kappa shape index (κ2) is 10.2. The van der Waals surface area contributed by atoms with Crippen molar-refractivity contribution < 1.29 is 23.8 Å². The fourth-order valence-electron chi connectivity index (χ4n) is 3.12. The van der Waals surface area contributed by atoms with Gasteiger partial charge in [0, 0.05) is 18.7 Å². The molecule has 1 aromatic rings. The largest absolute Gasteiger partial charge is 0.469 e. The third-order valence-corrected chi connectivity index (χ3v) is 4.80. The number of methoxy groups -OCH3 is 1. The quantitative estimate of drug-likeness (QED) is 0.583. The molecule has 1 heterocycles. The summed E-state index contributed by atoms with van der Waals surface area (Å²) in [6.07, 6.45) is 0.839. The summed E-state index contributed by atoms with van der Waals surface area (Å²) in [5.74, 6) is 0.389. The van der Waals surface area contributed by atoms with Gasteiger partial charge in [0.05, 0.1) is 13.0 Å². The Morgan fingerprint density at radius 1 is 1.15 bits per heavy atom. The van der Waals surface area contributed by atoms with Crippen LogP contribution in [0.4, 0.5) is 0 Å². The number of hydrogen-bond donors (Lipinski definition) is 0. The summed E-state index contributed by atoms with van der Waals surface area (Å²) in [4.78, 5) is 28.9. The molecule has 1 unspecified atom stereocenters. The maximum atomic E-state index is 13.1. The van der Waals surface area contributed by atoms with Gasteiger partial charge in [0.1, 0.15) is 0 Å². The summed E-state index contributed by atoms with van der Waals surface area (Å²) in [6.45, 7) is 9.94. The number of esters is 1. The van der Waals surface area contributed by atoms with E-state index in [1.165, 1.54) is 7.11 Å². The Balaban J connectivity index is 2.09. The van der Waals surface area contributed by atoms with Crippen molar-refractivity contribution in [1.82, 2.24) is 9.80 Å². The topological polar surface area (TPSA) is 68.3 Å². The second-order valence-corrected chi connectivity index (χ2v) is 6.62. The molecule has 7 heteroatoms. The number of nitrogens with zero attached hydrogens (tertiary/aromatic N) is 2. The highest BCUT2D eigenvalue weighted by Crippen LogP contribution is 2.32. The van der Waals surface area contributed by atoms with E-state index in [1.807, 2.05) is 0 Å². The average molecular weight is 378 g/mol. The van der Waals surface area contributed by atoms with E-state index in [2.05, 4.69) is 18.7 Å². The van der Waals surface area contributed by atoms with Crippen molar-refractivity contribution in [2.45, 2.75) is 27.2 Å². The highest BCUT2D eigenvalue weighted by atomic mass is 16.7. The van der Waals surface area contributed by atoms with Crippen molar-refractivity contribution in [3.05, 3.63) is 23.8 Å². The molecular formula is C20H30N2O5. The molecule has 0 spiro atoms. The lowest BCUT2D eigenvalue weighted by molar-refractivity contribution is -0.145. The van der Waals surface area contributed by atoms with Crippen LogP contribution < -0.4 is 9.47 Å². The van der Waals surface area contributed by atoms with Crippen LogP contribution in [0.2, 0.25) is 0 Å². The Morgan fingerprint density at radius 2 is 1.85 bits per heavy atom. The van der Waals surface area contributed by atoms with E-state index in [-0.39, 0.29) is 24.6 Å². The minimum absolute atomic E-state index is 0.122. The van der Waals surface area contributed by atoms with Crippen molar-refractivity contribution in [3.8, 4) is 11.5 Å². The van der Waals surface area contributed by atoms with Crippen molar-refractivity contribution in [2.75, 3.05) is 46.6 Å². The van der Waals surface area contributed by atoms with Gasteiger partial charge in [-0.2, -0.15) is 0 Å². The molecule has 1 aliphatic rings. The average Bonchev–Trinajstić information content (AvgIpc) is 3.16. The first-order valence-corrected chi connectivity index (χ1v) is 9.49. The van der Waals surface area contributed by atoms with Crippen LogP contribution in [0.25, 0.3) is 0 Å². The molecule has 0 aromatic heterocycles. The highest BCUT2D eigenvalue weighted by molar-refractivity contribution is 5.95. The first-order valence-electron chi connectivity index (χ1n) is 9.49. The Kier molecular flexibility index (Phi) is 7.91. The van der Waals surface area contributed by atoms with Gasteiger partial charge in [-0.05, 0) is 44.3 Å². The Bertz CT molecular complexity index is 645. The lowest BCUT2D eigenvalue weighted by atomic mass is 10.1. The standard InChI is InChI=1S/C20H30N2O5/c1-5-21(6-2)10-7-11-22(13-15(3)20(24)25-4)19(23)16-8-9-17-18(12-16)27-14-26-17/h8-9,12,15H,5-7,10-11,13-14H2,1-4H3. The fourth-order valence-corrected chi connectivity index (χ4v) is 3.12. The van der Waals surface area contributed by atoms with Crippen LogP contribution in [0, 0.1) is 5.92 Å². The predicted molar refractivity (Wildman–Crippen MR) is 102 cm³/mol. The molecule has 0 aliphatic carbocycles. The monoisotopic (exact) mass is 378 g/mol. The van der Waals surface area contributed by atoms with Crippen LogP contribution >= 0.6 is 0 Å². The summed E-state index contributed by atoms with van der Waals surface area (Å²) >= 11 is 0. The predicted octanol–water partition coefficient (Wildman–Crippen LogP) is 2.40. The van der Waals surface area contributed by atoms with Gasteiger partial charge in [0.2, 0.25) is 6.79 Å². The molecule has 0 bridgehead atoms. The minimum Gasteiger partial charge on any atom is -0.469 e. The number of benzene rings is 1. The van der Waals surface area contributed by atoms with Crippen LogP contribution in [-0.4, -0.2) is 68.3 Å². The molecule has 1 aromatic carbocycles. The molecule has 0 N–H and O–H groups in total. The lowest BCUT2D eigenvalue weighted by Crippen LogP contribution is -2.39. The van der Waals surface area contributed by atoms with Crippen molar-refractivity contribution in [2.24, 2.45) is 5.92 Å². The zero-order chi connectivity index (χ0) is 19.8. The number of carbonyl (C=O) groups is 2. The molecule has 0 saturated carbocycles. The summed E-state index contributed by atoms with van der Waals surface area (Å²) in [5.41, 5.74) is 0.527. The number of carbonyl (C=O) groups excluding carboxylic acids is 2. The molecule has 1 atom stereocenters. The molecule has 0 saturated heterocycles. The molecule has 1 aliphatic heterocycles. The summed E-state index contributed by atoms with van der Waals surface area (Å²) in [7, 11) is 1.36. The van der Waals surface area contributed by atoms with Crippen LogP contribution in [0.1, 0.15) is 37.6 Å². The van der Waals surface area contributed by atoms with E-state index in [0.717, 1.165) is 26.1 Å².